The number of rotatable bonds is 3. The summed E-state index contributed by atoms with van der Waals surface area (Å²) in [6.07, 6.45) is 0.855. The van der Waals surface area contributed by atoms with Crippen LogP contribution >= 0.6 is 0 Å². The van der Waals surface area contributed by atoms with Crippen LogP contribution in [0.3, 0.4) is 0 Å². The van der Waals surface area contributed by atoms with Crippen molar-refractivity contribution in [1.29, 1.82) is 0 Å². The molecule has 2 heteroatoms. The third kappa shape index (κ3) is 3.42. The minimum absolute atomic E-state index is 0.00861. The smallest absolute Gasteiger partial charge is 0.0423 e. The summed E-state index contributed by atoms with van der Waals surface area (Å²) in [6, 6.07) is 10.8. The van der Waals surface area contributed by atoms with Crippen LogP contribution in [0.2, 0.25) is 0 Å². The monoisotopic (exact) mass is 254 g/mol. The van der Waals surface area contributed by atoms with Crippen molar-refractivity contribution in [3.05, 3.63) is 64.0 Å². The van der Waals surface area contributed by atoms with E-state index in [1.807, 2.05) is 19.9 Å². The largest absolute Gasteiger partial charge is 0.324 e. The lowest BCUT2D eigenvalue weighted by Crippen LogP contribution is -2.15. The molecule has 0 aliphatic rings. The number of nitrogens with two attached hydrogens (primary N) is 1. The molecule has 2 nitrogen and oxygen atoms in total. The second kappa shape index (κ2) is 5.54. The van der Waals surface area contributed by atoms with E-state index in [9.17, 15) is 0 Å². The Bertz CT molecular complexity index is 568. The van der Waals surface area contributed by atoms with Crippen molar-refractivity contribution in [2.45, 2.75) is 40.2 Å². The molecule has 19 heavy (non-hydrogen) atoms. The number of benzene rings is 1. The van der Waals surface area contributed by atoms with Crippen molar-refractivity contribution in [2.24, 2.45) is 5.73 Å². The normalized spacial score (nSPS) is 12.5. The highest BCUT2D eigenvalue weighted by Crippen LogP contribution is 2.20. The second-order valence-corrected chi connectivity index (χ2v) is 5.43. The highest BCUT2D eigenvalue weighted by atomic mass is 14.7. The topological polar surface area (TPSA) is 38.9 Å². The van der Waals surface area contributed by atoms with Gasteiger partial charge in [0.25, 0.3) is 0 Å². The van der Waals surface area contributed by atoms with Gasteiger partial charge in [0.15, 0.2) is 0 Å². The van der Waals surface area contributed by atoms with Crippen LogP contribution < -0.4 is 5.73 Å². The first kappa shape index (κ1) is 13.8. The van der Waals surface area contributed by atoms with E-state index in [0.717, 1.165) is 23.4 Å². The van der Waals surface area contributed by atoms with E-state index in [1.54, 1.807) is 0 Å². The Morgan fingerprint density at radius 2 is 1.63 bits per heavy atom. The average Bonchev–Trinajstić information content (AvgIpc) is 2.26. The summed E-state index contributed by atoms with van der Waals surface area (Å²) in [4.78, 5) is 4.49. The van der Waals surface area contributed by atoms with E-state index >= 15 is 0 Å². The van der Waals surface area contributed by atoms with Gasteiger partial charge in [-0.05, 0) is 51.3 Å². The summed E-state index contributed by atoms with van der Waals surface area (Å²) in [6.45, 7) is 8.29. The van der Waals surface area contributed by atoms with E-state index < -0.39 is 0 Å². The van der Waals surface area contributed by atoms with Gasteiger partial charge in [0.1, 0.15) is 0 Å². The molecule has 0 saturated carbocycles. The van der Waals surface area contributed by atoms with Crippen molar-refractivity contribution in [3.63, 3.8) is 0 Å². The van der Waals surface area contributed by atoms with Crippen LogP contribution in [0.1, 0.15) is 39.7 Å². The summed E-state index contributed by atoms with van der Waals surface area (Å²) in [5.74, 6) is 0. The van der Waals surface area contributed by atoms with Gasteiger partial charge in [-0.2, -0.15) is 0 Å². The van der Waals surface area contributed by atoms with Gasteiger partial charge in [0, 0.05) is 17.4 Å². The molecule has 2 aromatic rings. The first-order valence-electron chi connectivity index (χ1n) is 6.72. The lowest BCUT2D eigenvalue weighted by molar-refractivity contribution is 0.709. The third-order valence-electron chi connectivity index (χ3n) is 3.40. The fourth-order valence-corrected chi connectivity index (χ4v) is 2.64. The predicted molar refractivity (Wildman–Crippen MR) is 80.3 cm³/mol. The van der Waals surface area contributed by atoms with E-state index in [-0.39, 0.29) is 6.04 Å². The Morgan fingerprint density at radius 1 is 1.00 bits per heavy atom. The third-order valence-corrected chi connectivity index (χ3v) is 3.40. The molecule has 100 valence electrons. The standard InChI is InChI=1S/C17H22N2/c1-11-7-12(2)9-15(8-11)10-17(18)16-6-5-13(3)19-14(16)4/h5-9,17H,10,18H2,1-4H3. The lowest BCUT2D eigenvalue weighted by atomic mass is 9.96. The summed E-state index contributed by atoms with van der Waals surface area (Å²) < 4.78 is 0. The Kier molecular flexibility index (Phi) is 4.01. The molecule has 1 aromatic heterocycles. The number of aromatic nitrogens is 1. The maximum atomic E-state index is 6.34. The van der Waals surface area contributed by atoms with Gasteiger partial charge in [-0.1, -0.05) is 35.4 Å². The average molecular weight is 254 g/mol. The molecule has 1 unspecified atom stereocenters. The van der Waals surface area contributed by atoms with Gasteiger partial charge in [-0.25, -0.2) is 0 Å². The number of aryl methyl sites for hydroxylation is 4. The van der Waals surface area contributed by atoms with Crippen LogP contribution in [0.15, 0.2) is 30.3 Å². The SMILES string of the molecule is Cc1cc(C)cc(CC(N)c2ccc(C)nc2C)c1. The lowest BCUT2D eigenvalue weighted by Gasteiger charge is -2.15. The molecule has 1 atom stereocenters. The Morgan fingerprint density at radius 3 is 2.21 bits per heavy atom. The maximum absolute atomic E-state index is 6.34. The zero-order valence-corrected chi connectivity index (χ0v) is 12.2. The van der Waals surface area contributed by atoms with Crippen molar-refractivity contribution in [2.75, 3.05) is 0 Å². The Balaban J connectivity index is 2.22. The van der Waals surface area contributed by atoms with E-state index in [0.29, 0.717) is 0 Å². The molecule has 0 radical (unpaired) electrons. The summed E-state index contributed by atoms with van der Waals surface area (Å²) in [7, 11) is 0. The van der Waals surface area contributed by atoms with Gasteiger partial charge in [0.2, 0.25) is 0 Å². The molecule has 0 spiro atoms. The van der Waals surface area contributed by atoms with E-state index in [1.165, 1.54) is 16.7 Å². The van der Waals surface area contributed by atoms with Crippen LogP contribution in [0.5, 0.6) is 0 Å². The predicted octanol–water partition coefficient (Wildman–Crippen LogP) is 3.56. The van der Waals surface area contributed by atoms with Gasteiger partial charge < -0.3 is 5.73 Å². The molecular formula is C17H22N2. The minimum atomic E-state index is 0.00861. The summed E-state index contributed by atoms with van der Waals surface area (Å²) in [5, 5.41) is 0. The highest BCUT2D eigenvalue weighted by Gasteiger charge is 2.11. The van der Waals surface area contributed by atoms with Gasteiger partial charge in [0.05, 0.1) is 0 Å². The molecular weight excluding hydrogens is 232 g/mol. The Hall–Kier alpha value is -1.67. The number of nitrogens with zero attached hydrogens (tertiary/aromatic N) is 1. The van der Waals surface area contributed by atoms with Crippen LogP contribution in [-0.4, -0.2) is 4.98 Å². The molecule has 0 fully saturated rings. The number of hydrogen-bond donors (Lipinski definition) is 1. The first-order chi connectivity index (χ1) is 8.95. The minimum Gasteiger partial charge on any atom is -0.324 e. The van der Waals surface area contributed by atoms with Crippen LogP contribution in [0.4, 0.5) is 0 Å². The van der Waals surface area contributed by atoms with Crippen molar-refractivity contribution in [1.82, 2.24) is 4.98 Å². The molecule has 0 aliphatic carbocycles. The van der Waals surface area contributed by atoms with Gasteiger partial charge >= 0.3 is 0 Å². The van der Waals surface area contributed by atoms with Crippen molar-refractivity contribution < 1.29 is 0 Å². The highest BCUT2D eigenvalue weighted by molar-refractivity contribution is 5.32. The molecule has 0 amide bonds. The number of pyridine rings is 1. The molecule has 0 saturated heterocycles. The Labute approximate surface area is 115 Å². The zero-order valence-electron chi connectivity index (χ0n) is 12.2. The van der Waals surface area contributed by atoms with Crippen LogP contribution in [0.25, 0.3) is 0 Å². The van der Waals surface area contributed by atoms with Gasteiger partial charge in [-0.3, -0.25) is 4.98 Å². The summed E-state index contributed by atoms with van der Waals surface area (Å²) in [5.41, 5.74) is 13.4. The quantitative estimate of drug-likeness (QED) is 0.909. The fraction of sp³-hybridized carbons (Fsp3) is 0.353. The fourth-order valence-electron chi connectivity index (χ4n) is 2.64. The molecule has 1 aromatic carbocycles. The maximum Gasteiger partial charge on any atom is 0.0423 e. The van der Waals surface area contributed by atoms with E-state index in [2.05, 4.69) is 43.1 Å². The second-order valence-electron chi connectivity index (χ2n) is 5.43. The van der Waals surface area contributed by atoms with Crippen LogP contribution in [-0.2, 0) is 6.42 Å². The molecule has 2 rings (SSSR count). The molecule has 0 bridgehead atoms. The molecule has 0 aliphatic heterocycles. The van der Waals surface area contributed by atoms with Gasteiger partial charge in [-0.15, -0.1) is 0 Å². The first-order valence-corrected chi connectivity index (χ1v) is 6.72. The molecule has 2 N–H and O–H groups in total. The zero-order chi connectivity index (χ0) is 14.0. The van der Waals surface area contributed by atoms with Crippen molar-refractivity contribution in [3.8, 4) is 0 Å². The summed E-state index contributed by atoms with van der Waals surface area (Å²) >= 11 is 0. The van der Waals surface area contributed by atoms with Crippen molar-refractivity contribution >= 4 is 0 Å². The van der Waals surface area contributed by atoms with E-state index in [4.69, 9.17) is 5.73 Å². The van der Waals surface area contributed by atoms with Crippen LogP contribution in [0, 0.1) is 27.7 Å². The molecule has 1 heterocycles. The number of hydrogen-bond acceptors (Lipinski definition) is 2.